The van der Waals surface area contributed by atoms with Gasteiger partial charge < -0.3 is 9.64 Å². The van der Waals surface area contributed by atoms with Crippen molar-refractivity contribution in [1.82, 2.24) is 14.6 Å². The van der Waals surface area contributed by atoms with Crippen LogP contribution in [0.1, 0.15) is 33.8 Å². The van der Waals surface area contributed by atoms with E-state index in [9.17, 15) is 13.2 Å². The Labute approximate surface area is 189 Å². The van der Waals surface area contributed by atoms with Crippen molar-refractivity contribution in [2.24, 2.45) is 0 Å². The molecule has 164 valence electrons. The Morgan fingerprint density at radius 3 is 2.77 bits per heavy atom. The Balaban J connectivity index is 1.49. The lowest BCUT2D eigenvalue weighted by molar-refractivity contribution is 0.0796. The number of ether oxygens (including phenoxy) is 1. The summed E-state index contributed by atoms with van der Waals surface area (Å²) in [6.45, 7) is 3.55. The molecule has 1 N–H and O–H groups in total. The predicted molar refractivity (Wildman–Crippen MR) is 122 cm³/mol. The van der Waals surface area contributed by atoms with Gasteiger partial charge in [0.15, 0.2) is 0 Å². The second kappa shape index (κ2) is 9.07. The molecule has 31 heavy (non-hydrogen) atoms. The number of thiazole rings is 1. The molecule has 1 aliphatic rings. The van der Waals surface area contributed by atoms with Crippen LogP contribution in [-0.2, 0) is 16.6 Å². The molecule has 1 amide bonds. The zero-order valence-electron chi connectivity index (χ0n) is 17.3. The first-order valence-corrected chi connectivity index (χ1v) is 13.0. The largest absolute Gasteiger partial charge is 0.497 e. The summed E-state index contributed by atoms with van der Waals surface area (Å²) >= 11 is 2.46. The molecular formula is C21H23N3O4S3. The molecule has 1 saturated heterocycles. The molecule has 1 fully saturated rings. The summed E-state index contributed by atoms with van der Waals surface area (Å²) in [4.78, 5) is 19.7. The van der Waals surface area contributed by atoms with Gasteiger partial charge in [-0.15, -0.1) is 22.7 Å². The van der Waals surface area contributed by atoms with E-state index in [1.165, 1.54) is 11.3 Å². The Morgan fingerprint density at radius 1 is 1.26 bits per heavy atom. The number of aryl methyl sites for hydroxylation is 1. The highest BCUT2D eigenvalue weighted by Gasteiger charge is 2.25. The average molecular weight is 478 g/mol. The number of likely N-dealkylation sites (tertiary alicyclic amines) is 1. The summed E-state index contributed by atoms with van der Waals surface area (Å²) in [5.41, 5.74) is 2.20. The number of amides is 1. The number of carbonyl (C=O) groups is 1. The van der Waals surface area contributed by atoms with Crippen LogP contribution >= 0.6 is 22.7 Å². The number of nitrogens with zero attached hydrogens (tertiary/aromatic N) is 2. The maximum atomic E-state index is 12.7. The zero-order chi connectivity index (χ0) is 22.0. The number of benzene rings is 1. The molecule has 0 spiro atoms. The van der Waals surface area contributed by atoms with E-state index < -0.39 is 10.0 Å². The van der Waals surface area contributed by atoms with Gasteiger partial charge >= 0.3 is 0 Å². The van der Waals surface area contributed by atoms with E-state index in [1.807, 2.05) is 30.0 Å². The van der Waals surface area contributed by atoms with Crippen LogP contribution in [0.2, 0.25) is 0 Å². The summed E-state index contributed by atoms with van der Waals surface area (Å²) in [5.74, 6) is 0.690. The van der Waals surface area contributed by atoms with Crippen molar-refractivity contribution in [3.8, 4) is 16.3 Å². The van der Waals surface area contributed by atoms with E-state index in [0.29, 0.717) is 26.9 Å². The standard InChI is InChI=1S/C21H23N3O4S3/c1-14-19(21(25)24-8-3-4-9-24)30-20(23-14)16-11-18(29-13-16)31(26,27)22-12-15-6-5-7-17(10-15)28-2/h5-7,10-11,13,22H,3-4,8-9,12H2,1-2H3. The van der Waals surface area contributed by atoms with Gasteiger partial charge in [-0.05, 0) is 43.5 Å². The van der Waals surface area contributed by atoms with Crippen molar-refractivity contribution in [3.63, 3.8) is 0 Å². The van der Waals surface area contributed by atoms with E-state index in [2.05, 4.69) is 9.71 Å². The number of rotatable bonds is 7. The number of hydrogen-bond acceptors (Lipinski definition) is 7. The number of methoxy groups -OCH3 is 1. The fourth-order valence-electron chi connectivity index (χ4n) is 3.38. The molecular weight excluding hydrogens is 454 g/mol. The van der Waals surface area contributed by atoms with Crippen LogP contribution in [0.25, 0.3) is 10.6 Å². The average Bonchev–Trinajstić information content (AvgIpc) is 3.52. The van der Waals surface area contributed by atoms with Crippen molar-refractivity contribution in [2.75, 3.05) is 20.2 Å². The number of hydrogen-bond donors (Lipinski definition) is 1. The molecule has 10 heteroatoms. The number of carbonyl (C=O) groups excluding carboxylic acids is 1. The molecule has 0 bridgehead atoms. The Bertz CT molecular complexity index is 1190. The van der Waals surface area contributed by atoms with Gasteiger partial charge in [-0.3, -0.25) is 4.79 Å². The Morgan fingerprint density at radius 2 is 2.03 bits per heavy atom. The van der Waals surface area contributed by atoms with E-state index >= 15 is 0 Å². The molecule has 3 aromatic rings. The molecule has 0 unspecified atom stereocenters. The smallest absolute Gasteiger partial charge is 0.265 e. The lowest BCUT2D eigenvalue weighted by atomic mass is 10.2. The molecule has 3 heterocycles. The van der Waals surface area contributed by atoms with Gasteiger partial charge in [0.1, 0.15) is 19.8 Å². The van der Waals surface area contributed by atoms with E-state index in [1.54, 1.807) is 24.6 Å². The van der Waals surface area contributed by atoms with Crippen molar-refractivity contribution in [1.29, 1.82) is 0 Å². The maximum absolute atomic E-state index is 12.7. The SMILES string of the molecule is COc1cccc(CNS(=O)(=O)c2cc(-c3nc(C)c(C(=O)N4CCCC4)s3)cs2)c1. The van der Waals surface area contributed by atoms with Crippen LogP contribution in [0.5, 0.6) is 5.75 Å². The molecule has 7 nitrogen and oxygen atoms in total. The highest BCUT2D eigenvalue weighted by atomic mass is 32.2. The second-order valence-corrected chi connectivity index (χ2v) is 11.2. The zero-order valence-corrected chi connectivity index (χ0v) is 19.7. The number of thiophene rings is 1. The van der Waals surface area contributed by atoms with Gasteiger partial charge in [-0.25, -0.2) is 18.1 Å². The van der Waals surface area contributed by atoms with Gasteiger partial charge in [0.05, 0.1) is 12.8 Å². The second-order valence-electron chi connectivity index (χ2n) is 7.26. The summed E-state index contributed by atoms with van der Waals surface area (Å²) in [5, 5.41) is 2.42. The van der Waals surface area contributed by atoms with Crippen LogP contribution in [-0.4, -0.2) is 44.4 Å². The highest BCUT2D eigenvalue weighted by Crippen LogP contribution is 2.33. The molecule has 0 saturated carbocycles. The highest BCUT2D eigenvalue weighted by molar-refractivity contribution is 7.91. The first kappa shape index (κ1) is 21.9. The first-order valence-electron chi connectivity index (χ1n) is 9.85. The number of sulfonamides is 1. The minimum atomic E-state index is -3.67. The maximum Gasteiger partial charge on any atom is 0.265 e. The lowest BCUT2D eigenvalue weighted by Crippen LogP contribution is -2.27. The monoisotopic (exact) mass is 477 g/mol. The van der Waals surface area contributed by atoms with Crippen LogP contribution < -0.4 is 9.46 Å². The topological polar surface area (TPSA) is 88.6 Å². The van der Waals surface area contributed by atoms with E-state index in [0.717, 1.165) is 42.8 Å². The van der Waals surface area contributed by atoms with Crippen LogP contribution in [0, 0.1) is 6.92 Å². The van der Waals surface area contributed by atoms with Gasteiger partial charge in [-0.1, -0.05) is 12.1 Å². The number of nitrogens with one attached hydrogen (secondary N) is 1. The molecule has 1 aromatic carbocycles. The Kier molecular flexibility index (Phi) is 6.42. The quantitative estimate of drug-likeness (QED) is 0.558. The first-order chi connectivity index (χ1) is 14.9. The molecule has 0 aliphatic carbocycles. The summed E-state index contributed by atoms with van der Waals surface area (Å²) < 4.78 is 33.5. The third kappa shape index (κ3) is 4.82. The third-order valence-electron chi connectivity index (χ3n) is 5.07. The van der Waals surface area contributed by atoms with Crippen LogP contribution in [0.4, 0.5) is 0 Å². The summed E-state index contributed by atoms with van der Waals surface area (Å²) in [6, 6.07) is 8.86. The van der Waals surface area contributed by atoms with E-state index in [-0.39, 0.29) is 16.7 Å². The van der Waals surface area contributed by atoms with Crippen LogP contribution in [0.3, 0.4) is 0 Å². The number of aromatic nitrogens is 1. The Hall–Kier alpha value is -2.27. The van der Waals surface area contributed by atoms with Gasteiger partial charge in [0.25, 0.3) is 5.91 Å². The van der Waals surface area contributed by atoms with Crippen LogP contribution in [0.15, 0.2) is 39.9 Å². The fourth-order valence-corrected chi connectivity index (χ4v) is 6.71. The third-order valence-corrected chi connectivity index (χ3v) is 9.11. The molecule has 0 radical (unpaired) electrons. The predicted octanol–water partition coefficient (Wildman–Crippen LogP) is 3.90. The van der Waals surface area contributed by atoms with Gasteiger partial charge in [0, 0.05) is 30.6 Å². The van der Waals surface area contributed by atoms with Crippen molar-refractivity contribution in [3.05, 3.63) is 51.8 Å². The van der Waals surface area contributed by atoms with Crippen molar-refractivity contribution in [2.45, 2.75) is 30.5 Å². The van der Waals surface area contributed by atoms with Crippen molar-refractivity contribution >= 4 is 38.6 Å². The van der Waals surface area contributed by atoms with Crippen molar-refractivity contribution < 1.29 is 17.9 Å². The normalized spacial score (nSPS) is 14.2. The molecule has 4 rings (SSSR count). The summed E-state index contributed by atoms with van der Waals surface area (Å²) in [6.07, 6.45) is 2.07. The molecule has 1 aliphatic heterocycles. The molecule has 0 atom stereocenters. The minimum Gasteiger partial charge on any atom is -0.497 e. The summed E-state index contributed by atoms with van der Waals surface area (Å²) in [7, 11) is -2.10. The van der Waals surface area contributed by atoms with Gasteiger partial charge in [-0.2, -0.15) is 0 Å². The lowest BCUT2D eigenvalue weighted by Gasteiger charge is -2.13. The van der Waals surface area contributed by atoms with Gasteiger partial charge in [0.2, 0.25) is 10.0 Å². The van der Waals surface area contributed by atoms with E-state index in [4.69, 9.17) is 4.74 Å². The molecule has 2 aromatic heterocycles. The minimum absolute atomic E-state index is 0.0155. The fraction of sp³-hybridized carbons (Fsp3) is 0.333.